The zero-order valence-corrected chi connectivity index (χ0v) is 6.89. The Bertz CT molecular complexity index is 357. The highest BCUT2D eigenvalue weighted by atomic mass is 15.1. The van der Waals surface area contributed by atoms with E-state index in [0.29, 0.717) is 0 Å². The first-order chi connectivity index (χ1) is 5.25. The number of hydrogen-bond donors (Lipinski definition) is 1. The molecule has 0 atom stereocenters. The molecule has 0 saturated heterocycles. The lowest BCUT2D eigenvalue weighted by atomic mass is 10.3. The topological polar surface area (TPSA) is 28.7 Å². The fraction of sp³-hybridized carbons (Fsp3) is 0.222. The Kier molecular flexibility index (Phi) is 2.26. The van der Waals surface area contributed by atoms with Crippen molar-refractivity contribution in [3.63, 3.8) is 0 Å². The van der Waals surface area contributed by atoms with Gasteiger partial charge in [-0.25, -0.2) is 0 Å². The average molecular weight is 148 g/mol. The van der Waals surface area contributed by atoms with Crippen LogP contribution in [-0.4, -0.2) is 10.2 Å². The Balaban J connectivity index is 3.25. The van der Waals surface area contributed by atoms with Gasteiger partial charge in [-0.2, -0.15) is 5.10 Å². The van der Waals surface area contributed by atoms with Gasteiger partial charge in [-0.3, -0.25) is 5.10 Å². The van der Waals surface area contributed by atoms with E-state index in [1.807, 2.05) is 32.1 Å². The largest absolute Gasteiger partial charge is 0.278 e. The molecule has 0 aliphatic carbocycles. The number of aryl methyl sites for hydroxylation is 1. The Labute approximate surface area is 65.9 Å². The zero-order valence-electron chi connectivity index (χ0n) is 6.89. The molecule has 0 spiro atoms. The van der Waals surface area contributed by atoms with Crippen LogP contribution in [0.15, 0.2) is 12.2 Å². The Hall–Kier alpha value is -1.31. The summed E-state index contributed by atoms with van der Waals surface area (Å²) in [7, 11) is 0. The molecule has 11 heavy (non-hydrogen) atoms. The highest BCUT2D eigenvalue weighted by Crippen LogP contribution is 1.72. The van der Waals surface area contributed by atoms with Crippen molar-refractivity contribution in [3.05, 3.63) is 28.4 Å². The summed E-state index contributed by atoms with van der Waals surface area (Å²) < 4.78 is 0. The number of allylic oxidation sites excluding steroid dienone is 2. The van der Waals surface area contributed by atoms with E-state index in [9.17, 15) is 0 Å². The summed E-state index contributed by atoms with van der Waals surface area (Å²) in [5, 5.41) is 8.87. The van der Waals surface area contributed by atoms with Crippen molar-refractivity contribution in [2.75, 3.05) is 0 Å². The summed E-state index contributed by atoms with van der Waals surface area (Å²) in [6.45, 7) is 7.79. The number of nitrogens with one attached hydrogen (secondary N) is 1. The van der Waals surface area contributed by atoms with Crippen molar-refractivity contribution >= 4 is 12.7 Å². The predicted molar refractivity (Wildman–Crippen MR) is 47.4 cm³/mol. The minimum absolute atomic E-state index is 0.959. The zero-order chi connectivity index (χ0) is 8.27. The first kappa shape index (κ1) is 7.79. The van der Waals surface area contributed by atoms with Gasteiger partial charge in [-0.15, -0.1) is 0 Å². The molecule has 1 aromatic rings. The van der Waals surface area contributed by atoms with Gasteiger partial charge in [0.1, 0.15) is 0 Å². The third-order valence-corrected chi connectivity index (χ3v) is 1.56. The normalized spacial score (nSPS) is 13.1. The van der Waals surface area contributed by atoms with Gasteiger partial charge in [0.15, 0.2) is 0 Å². The fourth-order valence-electron chi connectivity index (χ4n) is 0.804. The summed E-state index contributed by atoms with van der Waals surface area (Å²) in [4.78, 5) is 0. The van der Waals surface area contributed by atoms with E-state index >= 15 is 0 Å². The van der Waals surface area contributed by atoms with Gasteiger partial charge in [-0.05, 0) is 19.9 Å². The molecule has 1 aromatic heterocycles. The molecule has 58 valence electrons. The predicted octanol–water partition coefficient (Wildman–Crippen LogP) is 0.485. The minimum Gasteiger partial charge on any atom is -0.278 e. The summed E-state index contributed by atoms with van der Waals surface area (Å²) in [5.41, 5.74) is 0.959. The van der Waals surface area contributed by atoms with Crippen molar-refractivity contribution < 1.29 is 0 Å². The van der Waals surface area contributed by atoms with Crippen LogP contribution in [0, 0.1) is 6.92 Å². The second-order valence-corrected chi connectivity index (χ2v) is 2.39. The van der Waals surface area contributed by atoms with Crippen molar-refractivity contribution in [3.8, 4) is 0 Å². The van der Waals surface area contributed by atoms with Gasteiger partial charge in [0.05, 0.1) is 11.0 Å². The number of rotatable bonds is 1. The van der Waals surface area contributed by atoms with Gasteiger partial charge in [0.25, 0.3) is 0 Å². The van der Waals surface area contributed by atoms with E-state index in [1.54, 1.807) is 0 Å². The van der Waals surface area contributed by atoms with Gasteiger partial charge in [0.2, 0.25) is 0 Å². The highest BCUT2D eigenvalue weighted by molar-refractivity contribution is 5.35. The molecule has 1 N–H and O–H groups in total. The van der Waals surface area contributed by atoms with Gasteiger partial charge < -0.3 is 0 Å². The Morgan fingerprint density at radius 1 is 1.55 bits per heavy atom. The van der Waals surface area contributed by atoms with E-state index in [1.165, 1.54) is 0 Å². The number of aromatic amines is 1. The lowest BCUT2D eigenvalue weighted by molar-refractivity contribution is 1.03. The van der Waals surface area contributed by atoms with Crippen LogP contribution < -0.4 is 10.6 Å². The average Bonchev–Trinajstić information content (AvgIpc) is 2.31. The number of hydrogen-bond acceptors (Lipinski definition) is 1. The minimum atomic E-state index is 0.959. The van der Waals surface area contributed by atoms with Crippen LogP contribution in [0.1, 0.15) is 12.6 Å². The smallest absolute Gasteiger partial charge is 0.0663 e. The molecule has 1 rings (SSSR count). The van der Waals surface area contributed by atoms with Gasteiger partial charge in [0, 0.05) is 5.22 Å². The van der Waals surface area contributed by atoms with Crippen molar-refractivity contribution in [2.24, 2.45) is 0 Å². The maximum absolute atomic E-state index is 4.02. The fourth-order valence-corrected chi connectivity index (χ4v) is 0.804. The summed E-state index contributed by atoms with van der Waals surface area (Å²) >= 11 is 0. The lowest BCUT2D eigenvalue weighted by Gasteiger charge is -1.73. The SMILES string of the molecule is C=c1c(C)n[nH]/c1=C/C=C\C. The first-order valence-corrected chi connectivity index (χ1v) is 3.58. The molecule has 0 aliphatic rings. The number of nitrogens with zero attached hydrogens (tertiary/aromatic N) is 1. The second-order valence-electron chi connectivity index (χ2n) is 2.39. The second kappa shape index (κ2) is 3.19. The van der Waals surface area contributed by atoms with Crippen LogP contribution in [0.25, 0.3) is 12.7 Å². The summed E-state index contributed by atoms with van der Waals surface area (Å²) in [6.07, 6.45) is 5.89. The quantitative estimate of drug-likeness (QED) is 0.616. The summed E-state index contributed by atoms with van der Waals surface area (Å²) in [6, 6.07) is 0. The molecule has 0 bridgehead atoms. The molecule has 0 amide bonds. The van der Waals surface area contributed by atoms with Crippen LogP contribution in [0.4, 0.5) is 0 Å². The lowest BCUT2D eigenvalue weighted by Crippen LogP contribution is -2.21. The third kappa shape index (κ3) is 1.58. The van der Waals surface area contributed by atoms with Crippen molar-refractivity contribution in [1.29, 1.82) is 0 Å². The molecule has 0 saturated carbocycles. The number of aromatic nitrogens is 2. The van der Waals surface area contributed by atoms with E-state index < -0.39 is 0 Å². The van der Waals surface area contributed by atoms with Crippen molar-refractivity contribution in [1.82, 2.24) is 10.2 Å². The summed E-state index contributed by atoms with van der Waals surface area (Å²) in [5.74, 6) is 0. The molecule has 2 heteroatoms. The van der Waals surface area contributed by atoms with Crippen LogP contribution in [-0.2, 0) is 0 Å². The van der Waals surface area contributed by atoms with Gasteiger partial charge >= 0.3 is 0 Å². The van der Waals surface area contributed by atoms with Crippen LogP contribution in [0.5, 0.6) is 0 Å². The van der Waals surface area contributed by atoms with Crippen molar-refractivity contribution in [2.45, 2.75) is 13.8 Å². The molecule has 2 nitrogen and oxygen atoms in total. The molecule has 0 aromatic carbocycles. The molecule has 0 fully saturated rings. The van der Waals surface area contributed by atoms with E-state index in [0.717, 1.165) is 16.3 Å². The van der Waals surface area contributed by atoms with E-state index in [4.69, 9.17) is 0 Å². The van der Waals surface area contributed by atoms with Gasteiger partial charge in [-0.1, -0.05) is 18.7 Å². The maximum Gasteiger partial charge on any atom is 0.0663 e. The number of H-pyrrole nitrogens is 1. The molecule has 0 radical (unpaired) electrons. The molecule has 0 unspecified atom stereocenters. The molecular weight excluding hydrogens is 136 g/mol. The van der Waals surface area contributed by atoms with Crippen LogP contribution in [0.3, 0.4) is 0 Å². The Morgan fingerprint density at radius 3 is 2.73 bits per heavy atom. The molecular formula is C9H12N2. The van der Waals surface area contributed by atoms with E-state index in [2.05, 4.69) is 16.8 Å². The van der Waals surface area contributed by atoms with E-state index in [-0.39, 0.29) is 0 Å². The molecule has 0 aliphatic heterocycles. The third-order valence-electron chi connectivity index (χ3n) is 1.56. The highest BCUT2D eigenvalue weighted by Gasteiger charge is 1.88. The molecule has 1 heterocycles. The Morgan fingerprint density at radius 2 is 2.27 bits per heavy atom. The maximum atomic E-state index is 4.02. The monoisotopic (exact) mass is 148 g/mol. The first-order valence-electron chi connectivity index (χ1n) is 3.58. The standard InChI is InChI=1S/C9H12N2/c1-4-5-6-9-7(2)8(3)10-11-9/h4-6,11H,2H2,1,3H3/b5-4-,9-6+. The van der Waals surface area contributed by atoms with Crippen LogP contribution >= 0.6 is 0 Å². The van der Waals surface area contributed by atoms with Crippen LogP contribution in [0.2, 0.25) is 0 Å².